The zero-order valence-electron chi connectivity index (χ0n) is 13.3. The molecule has 0 bridgehead atoms. The van der Waals surface area contributed by atoms with Crippen LogP contribution in [0.1, 0.15) is 32.4 Å². The number of hydrogen-bond acceptors (Lipinski definition) is 3. The standard InChI is InChI=1S/C17H29N3/c1-14(2)19-10-12-20(13-11-19)15(3)17(18-4)16-8-6-5-7-9-16/h5-9,14-15,17-18H,10-13H2,1-4H3. The van der Waals surface area contributed by atoms with Gasteiger partial charge in [-0.15, -0.1) is 0 Å². The summed E-state index contributed by atoms with van der Waals surface area (Å²) >= 11 is 0. The summed E-state index contributed by atoms with van der Waals surface area (Å²) < 4.78 is 0. The number of nitrogens with zero attached hydrogens (tertiary/aromatic N) is 2. The van der Waals surface area contributed by atoms with Gasteiger partial charge in [0.2, 0.25) is 0 Å². The summed E-state index contributed by atoms with van der Waals surface area (Å²) in [6, 6.07) is 12.4. The fourth-order valence-electron chi connectivity index (χ4n) is 3.22. The molecule has 112 valence electrons. The Bertz CT molecular complexity index is 382. The first-order valence-corrected chi connectivity index (χ1v) is 7.83. The Hall–Kier alpha value is -0.900. The van der Waals surface area contributed by atoms with Gasteiger partial charge in [-0.1, -0.05) is 30.3 Å². The van der Waals surface area contributed by atoms with Crippen molar-refractivity contribution in [1.29, 1.82) is 0 Å². The number of rotatable bonds is 5. The molecule has 2 atom stereocenters. The fraction of sp³-hybridized carbons (Fsp3) is 0.647. The van der Waals surface area contributed by atoms with Crippen molar-refractivity contribution in [1.82, 2.24) is 15.1 Å². The Labute approximate surface area is 124 Å². The first-order chi connectivity index (χ1) is 9.63. The highest BCUT2D eigenvalue weighted by Gasteiger charge is 2.27. The molecule has 0 spiro atoms. The molecule has 0 saturated carbocycles. The van der Waals surface area contributed by atoms with Crippen molar-refractivity contribution >= 4 is 0 Å². The molecule has 1 saturated heterocycles. The van der Waals surface area contributed by atoms with Crippen LogP contribution in [0, 0.1) is 0 Å². The minimum atomic E-state index is 0.404. The highest BCUT2D eigenvalue weighted by molar-refractivity contribution is 5.20. The van der Waals surface area contributed by atoms with Crippen LogP contribution < -0.4 is 5.32 Å². The van der Waals surface area contributed by atoms with E-state index < -0.39 is 0 Å². The van der Waals surface area contributed by atoms with E-state index in [1.54, 1.807) is 0 Å². The largest absolute Gasteiger partial charge is 0.312 e. The number of likely N-dealkylation sites (N-methyl/N-ethyl adjacent to an activating group) is 1. The number of benzene rings is 1. The number of hydrogen-bond donors (Lipinski definition) is 1. The molecule has 1 aliphatic heterocycles. The van der Waals surface area contributed by atoms with E-state index in [2.05, 4.69) is 73.3 Å². The third-order valence-corrected chi connectivity index (χ3v) is 4.61. The Morgan fingerprint density at radius 3 is 1.95 bits per heavy atom. The van der Waals surface area contributed by atoms with Gasteiger partial charge in [-0.2, -0.15) is 0 Å². The van der Waals surface area contributed by atoms with Crippen LogP contribution in [0.5, 0.6) is 0 Å². The molecule has 1 aromatic rings. The second-order valence-electron chi connectivity index (χ2n) is 6.08. The molecule has 1 fully saturated rings. The molecule has 2 rings (SSSR count). The SMILES string of the molecule is CNC(c1ccccc1)C(C)N1CCN(C(C)C)CC1. The summed E-state index contributed by atoms with van der Waals surface area (Å²) in [5, 5.41) is 3.49. The topological polar surface area (TPSA) is 18.5 Å². The number of nitrogens with one attached hydrogen (secondary N) is 1. The third-order valence-electron chi connectivity index (χ3n) is 4.61. The second-order valence-corrected chi connectivity index (χ2v) is 6.08. The molecular formula is C17H29N3. The highest BCUT2D eigenvalue weighted by Crippen LogP contribution is 2.22. The van der Waals surface area contributed by atoms with Gasteiger partial charge < -0.3 is 5.32 Å². The van der Waals surface area contributed by atoms with Crippen LogP contribution in [0.2, 0.25) is 0 Å². The normalized spacial score (nSPS) is 21.1. The minimum Gasteiger partial charge on any atom is -0.312 e. The van der Waals surface area contributed by atoms with Gasteiger partial charge in [0.1, 0.15) is 0 Å². The zero-order chi connectivity index (χ0) is 14.5. The quantitative estimate of drug-likeness (QED) is 0.890. The van der Waals surface area contributed by atoms with E-state index in [-0.39, 0.29) is 0 Å². The molecule has 1 heterocycles. The Morgan fingerprint density at radius 2 is 1.45 bits per heavy atom. The molecule has 1 aliphatic rings. The highest BCUT2D eigenvalue weighted by atomic mass is 15.3. The summed E-state index contributed by atoms with van der Waals surface area (Å²) in [5.74, 6) is 0. The predicted octanol–water partition coefficient (Wildman–Crippen LogP) is 2.36. The lowest BCUT2D eigenvalue weighted by molar-refractivity contribution is 0.0709. The first kappa shape index (κ1) is 15.5. The molecule has 0 radical (unpaired) electrons. The van der Waals surface area contributed by atoms with Gasteiger partial charge in [0.25, 0.3) is 0 Å². The molecular weight excluding hydrogens is 246 g/mol. The Kier molecular flexibility index (Phi) is 5.58. The van der Waals surface area contributed by atoms with Gasteiger partial charge in [-0.05, 0) is 33.4 Å². The predicted molar refractivity (Wildman–Crippen MR) is 86.0 cm³/mol. The van der Waals surface area contributed by atoms with Gasteiger partial charge in [0.05, 0.1) is 0 Å². The van der Waals surface area contributed by atoms with Crippen LogP contribution in [0.25, 0.3) is 0 Å². The lowest BCUT2D eigenvalue weighted by atomic mass is 9.98. The van der Waals surface area contributed by atoms with Crippen LogP contribution in [-0.4, -0.2) is 55.1 Å². The van der Waals surface area contributed by atoms with Crippen molar-refractivity contribution < 1.29 is 0 Å². The Morgan fingerprint density at radius 1 is 0.900 bits per heavy atom. The fourth-order valence-corrected chi connectivity index (χ4v) is 3.22. The van der Waals surface area contributed by atoms with Gasteiger partial charge in [-0.3, -0.25) is 9.80 Å². The van der Waals surface area contributed by atoms with Gasteiger partial charge in [0, 0.05) is 44.3 Å². The lowest BCUT2D eigenvalue weighted by Gasteiger charge is -2.42. The lowest BCUT2D eigenvalue weighted by Crippen LogP contribution is -2.53. The minimum absolute atomic E-state index is 0.404. The van der Waals surface area contributed by atoms with Gasteiger partial charge >= 0.3 is 0 Å². The van der Waals surface area contributed by atoms with E-state index in [1.165, 1.54) is 31.7 Å². The van der Waals surface area contributed by atoms with Gasteiger partial charge in [0.15, 0.2) is 0 Å². The summed E-state index contributed by atoms with van der Waals surface area (Å²) in [4.78, 5) is 5.19. The molecule has 0 aliphatic carbocycles. The van der Waals surface area contributed by atoms with E-state index in [0.717, 1.165) is 0 Å². The molecule has 1 aromatic carbocycles. The van der Waals surface area contributed by atoms with Gasteiger partial charge in [-0.25, -0.2) is 0 Å². The van der Waals surface area contributed by atoms with Crippen LogP contribution in [0.4, 0.5) is 0 Å². The van der Waals surface area contributed by atoms with Crippen molar-refractivity contribution in [3.8, 4) is 0 Å². The maximum Gasteiger partial charge on any atom is 0.0473 e. The summed E-state index contributed by atoms with van der Waals surface area (Å²) in [7, 11) is 2.07. The van der Waals surface area contributed by atoms with Crippen molar-refractivity contribution in [2.24, 2.45) is 0 Å². The first-order valence-electron chi connectivity index (χ1n) is 7.83. The van der Waals surface area contributed by atoms with E-state index in [0.29, 0.717) is 18.1 Å². The average Bonchev–Trinajstić information content (AvgIpc) is 2.49. The van der Waals surface area contributed by atoms with E-state index in [1.807, 2.05) is 0 Å². The van der Waals surface area contributed by atoms with E-state index in [9.17, 15) is 0 Å². The van der Waals surface area contributed by atoms with Crippen molar-refractivity contribution in [2.75, 3.05) is 33.2 Å². The van der Waals surface area contributed by atoms with Crippen molar-refractivity contribution in [2.45, 2.75) is 38.9 Å². The van der Waals surface area contributed by atoms with Crippen molar-refractivity contribution in [3.63, 3.8) is 0 Å². The molecule has 0 amide bonds. The Balaban J connectivity index is 1.98. The maximum absolute atomic E-state index is 3.49. The maximum atomic E-state index is 3.49. The van der Waals surface area contributed by atoms with E-state index >= 15 is 0 Å². The van der Waals surface area contributed by atoms with E-state index in [4.69, 9.17) is 0 Å². The molecule has 20 heavy (non-hydrogen) atoms. The second kappa shape index (κ2) is 7.21. The third kappa shape index (κ3) is 3.60. The summed E-state index contributed by atoms with van der Waals surface area (Å²) in [6.45, 7) is 11.6. The molecule has 2 unspecified atom stereocenters. The smallest absolute Gasteiger partial charge is 0.0473 e. The molecule has 0 aromatic heterocycles. The van der Waals surface area contributed by atoms with Crippen LogP contribution >= 0.6 is 0 Å². The molecule has 1 N–H and O–H groups in total. The van der Waals surface area contributed by atoms with Crippen LogP contribution in [0.15, 0.2) is 30.3 Å². The molecule has 3 heteroatoms. The van der Waals surface area contributed by atoms with Crippen LogP contribution in [-0.2, 0) is 0 Å². The van der Waals surface area contributed by atoms with Crippen molar-refractivity contribution in [3.05, 3.63) is 35.9 Å². The summed E-state index contributed by atoms with van der Waals surface area (Å²) in [5.41, 5.74) is 1.38. The zero-order valence-corrected chi connectivity index (χ0v) is 13.3. The number of piperazine rings is 1. The monoisotopic (exact) mass is 275 g/mol. The average molecular weight is 275 g/mol. The van der Waals surface area contributed by atoms with Crippen LogP contribution in [0.3, 0.4) is 0 Å². The molecule has 3 nitrogen and oxygen atoms in total. The summed E-state index contributed by atoms with van der Waals surface area (Å²) in [6.07, 6.45) is 0.